The van der Waals surface area contributed by atoms with Crippen LogP contribution in [0.2, 0.25) is 0 Å². The van der Waals surface area contributed by atoms with Gasteiger partial charge in [-0.2, -0.15) is 0 Å². The Balaban J connectivity index is 1.10. The van der Waals surface area contributed by atoms with Crippen LogP contribution in [0.5, 0.6) is 28.7 Å². The second-order valence-corrected chi connectivity index (χ2v) is 10.6. The molecule has 2 heterocycles. The van der Waals surface area contributed by atoms with E-state index in [9.17, 15) is 4.79 Å². The van der Waals surface area contributed by atoms with Crippen LogP contribution >= 0.6 is 11.8 Å². The number of benzene rings is 3. The molecule has 9 heteroatoms. The number of ether oxygens (including phenoxy) is 5. The van der Waals surface area contributed by atoms with Crippen molar-refractivity contribution < 1.29 is 28.5 Å². The summed E-state index contributed by atoms with van der Waals surface area (Å²) in [7, 11) is 3.74. The molecule has 206 valence electrons. The molecular weight excluding hydrogens is 516 g/mol. The van der Waals surface area contributed by atoms with Crippen LogP contribution in [-0.4, -0.2) is 58.1 Å². The number of para-hydroxylation sites is 1. The molecule has 0 aliphatic carbocycles. The lowest BCUT2D eigenvalue weighted by atomic mass is 10.1. The van der Waals surface area contributed by atoms with Crippen molar-refractivity contribution in [1.29, 1.82) is 0 Å². The molecule has 3 aromatic carbocycles. The Morgan fingerprint density at radius 2 is 1.79 bits per heavy atom. The van der Waals surface area contributed by atoms with E-state index in [0.29, 0.717) is 13.2 Å². The van der Waals surface area contributed by atoms with Gasteiger partial charge in [0.2, 0.25) is 12.7 Å². The van der Waals surface area contributed by atoms with E-state index in [0.717, 1.165) is 70.8 Å². The van der Waals surface area contributed by atoms with Gasteiger partial charge < -0.3 is 28.6 Å². The smallest absolute Gasteiger partial charge is 0.231 e. The zero-order valence-corrected chi connectivity index (χ0v) is 23.4. The number of likely N-dealkylation sites (N-methyl/N-ethyl adjacent to an activating group) is 1. The van der Waals surface area contributed by atoms with Crippen molar-refractivity contribution in [2.75, 3.05) is 52.2 Å². The molecule has 2 aliphatic heterocycles. The van der Waals surface area contributed by atoms with Gasteiger partial charge in [-0.25, -0.2) is 0 Å². The molecule has 5 rings (SSSR count). The predicted molar refractivity (Wildman–Crippen MR) is 151 cm³/mol. The number of unbranched alkanes of at least 4 members (excludes halogenated alkanes) is 1. The number of rotatable bonds is 12. The Kier molecular flexibility index (Phi) is 8.68. The molecule has 0 bridgehead atoms. The highest BCUT2D eigenvalue weighted by molar-refractivity contribution is 8.00. The average molecular weight is 551 g/mol. The molecule has 0 saturated carbocycles. The Labute approximate surface area is 233 Å². The van der Waals surface area contributed by atoms with Crippen molar-refractivity contribution in [2.45, 2.75) is 30.0 Å². The number of nitrogens with zero attached hydrogens (tertiary/aromatic N) is 2. The largest absolute Gasteiger partial charge is 0.497 e. The fourth-order valence-corrected chi connectivity index (χ4v) is 6.00. The second kappa shape index (κ2) is 12.5. The first kappa shape index (κ1) is 27.0. The molecule has 1 amide bonds. The van der Waals surface area contributed by atoms with Crippen molar-refractivity contribution in [3.8, 4) is 28.7 Å². The number of thioether (sulfide) groups is 1. The van der Waals surface area contributed by atoms with Crippen LogP contribution in [0.3, 0.4) is 0 Å². The van der Waals surface area contributed by atoms with E-state index in [2.05, 4.69) is 11.9 Å². The number of hydrogen-bond donors (Lipinski definition) is 0. The quantitative estimate of drug-likeness (QED) is 0.264. The summed E-state index contributed by atoms with van der Waals surface area (Å²) in [4.78, 5) is 17.8. The van der Waals surface area contributed by atoms with E-state index in [1.165, 1.54) is 0 Å². The summed E-state index contributed by atoms with van der Waals surface area (Å²) in [6.07, 6.45) is 1.91. The van der Waals surface area contributed by atoms with Gasteiger partial charge in [0.1, 0.15) is 29.2 Å². The highest BCUT2D eigenvalue weighted by Crippen LogP contribution is 2.53. The number of hydrogen-bond acceptors (Lipinski definition) is 8. The minimum Gasteiger partial charge on any atom is -0.497 e. The van der Waals surface area contributed by atoms with E-state index < -0.39 is 0 Å². The topological polar surface area (TPSA) is 69.7 Å². The minimum atomic E-state index is -0.208. The maximum absolute atomic E-state index is 12.6. The van der Waals surface area contributed by atoms with Gasteiger partial charge in [-0.3, -0.25) is 9.69 Å². The number of anilines is 1. The van der Waals surface area contributed by atoms with Crippen LogP contribution in [0.25, 0.3) is 0 Å². The van der Waals surface area contributed by atoms with Gasteiger partial charge in [-0.1, -0.05) is 23.9 Å². The van der Waals surface area contributed by atoms with Crippen LogP contribution < -0.4 is 28.6 Å². The normalized spacial score (nSPS) is 15.4. The molecule has 0 saturated heterocycles. The maximum Gasteiger partial charge on any atom is 0.231 e. The Hall–Kier alpha value is -3.56. The van der Waals surface area contributed by atoms with Crippen molar-refractivity contribution in [3.63, 3.8) is 0 Å². The number of carbonyl (C=O) groups excluding carboxylic acids is 1. The summed E-state index contributed by atoms with van der Waals surface area (Å²) in [5.41, 5.74) is 1.86. The first-order valence-corrected chi connectivity index (χ1v) is 14.0. The minimum absolute atomic E-state index is 0.00300. The molecule has 0 fully saturated rings. The third-order valence-corrected chi connectivity index (χ3v) is 7.98. The maximum atomic E-state index is 12.6. The van der Waals surface area contributed by atoms with Crippen LogP contribution in [0.1, 0.15) is 30.7 Å². The van der Waals surface area contributed by atoms with Gasteiger partial charge >= 0.3 is 0 Å². The Morgan fingerprint density at radius 1 is 0.974 bits per heavy atom. The molecule has 0 N–H and O–H groups in total. The number of fused-ring (bicyclic) bond motifs is 2. The zero-order chi connectivity index (χ0) is 27.2. The van der Waals surface area contributed by atoms with Crippen LogP contribution in [0, 0.1) is 0 Å². The zero-order valence-electron chi connectivity index (χ0n) is 22.6. The lowest BCUT2D eigenvalue weighted by Gasteiger charge is -2.25. The fourth-order valence-electron chi connectivity index (χ4n) is 4.63. The molecule has 8 nitrogen and oxygen atoms in total. The highest BCUT2D eigenvalue weighted by Gasteiger charge is 2.35. The highest BCUT2D eigenvalue weighted by atomic mass is 32.2. The first-order valence-electron chi connectivity index (χ1n) is 13.1. The number of methoxy groups -OCH3 is 1. The van der Waals surface area contributed by atoms with Gasteiger partial charge in [-0.05, 0) is 68.9 Å². The van der Waals surface area contributed by atoms with E-state index in [1.807, 2.05) is 65.6 Å². The van der Waals surface area contributed by atoms with Gasteiger partial charge in [0.25, 0.3) is 0 Å². The summed E-state index contributed by atoms with van der Waals surface area (Å²) in [5, 5.41) is -0.208. The monoisotopic (exact) mass is 550 g/mol. The van der Waals surface area contributed by atoms with Gasteiger partial charge in [0.05, 0.1) is 19.4 Å². The van der Waals surface area contributed by atoms with Crippen molar-refractivity contribution in [2.24, 2.45) is 0 Å². The van der Waals surface area contributed by atoms with Gasteiger partial charge in [0.15, 0.2) is 11.5 Å². The predicted octanol–water partition coefficient (Wildman–Crippen LogP) is 5.75. The SMILES string of the molecule is COc1ccc(OCCCCN(C)CCOc2ccc3c(c2)OCO3)c(C2Sc3ccccc3N2C(C)=O)c1. The van der Waals surface area contributed by atoms with Crippen LogP contribution in [0.4, 0.5) is 5.69 Å². The van der Waals surface area contributed by atoms with Crippen LogP contribution in [-0.2, 0) is 4.79 Å². The van der Waals surface area contributed by atoms with E-state index >= 15 is 0 Å². The summed E-state index contributed by atoms with van der Waals surface area (Å²) in [6, 6.07) is 19.4. The molecule has 1 unspecified atom stereocenters. The molecule has 3 aromatic rings. The van der Waals surface area contributed by atoms with E-state index in [-0.39, 0.29) is 18.1 Å². The molecule has 0 radical (unpaired) electrons. The molecule has 39 heavy (non-hydrogen) atoms. The lowest BCUT2D eigenvalue weighted by molar-refractivity contribution is -0.116. The third kappa shape index (κ3) is 6.37. The second-order valence-electron chi connectivity index (χ2n) is 9.45. The van der Waals surface area contributed by atoms with Gasteiger partial charge in [-0.15, -0.1) is 0 Å². The molecule has 0 spiro atoms. The Bertz CT molecular complexity index is 1300. The van der Waals surface area contributed by atoms with Crippen molar-refractivity contribution in [3.05, 3.63) is 66.2 Å². The molecule has 2 aliphatic rings. The van der Waals surface area contributed by atoms with Gasteiger partial charge in [0, 0.05) is 30.0 Å². The Morgan fingerprint density at radius 3 is 2.64 bits per heavy atom. The number of carbonyl (C=O) groups is 1. The molecular formula is C30H34N2O6S. The summed E-state index contributed by atoms with van der Waals surface area (Å²) < 4.78 is 28.4. The molecule has 1 atom stereocenters. The summed E-state index contributed by atoms with van der Waals surface area (Å²) in [6.45, 7) is 4.80. The van der Waals surface area contributed by atoms with Crippen LogP contribution in [0.15, 0.2) is 65.6 Å². The summed E-state index contributed by atoms with van der Waals surface area (Å²) in [5.74, 6) is 3.78. The molecule has 0 aromatic heterocycles. The average Bonchev–Trinajstić information content (AvgIpc) is 3.57. The van der Waals surface area contributed by atoms with Crippen molar-refractivity contribution >= 4 is 23.4 Å². The van der Waals surface area contributed by atoms with E-state index in [1.54, 1.807) is 25.8 Å². The third-order valence-electron chi connectivity index (χ3n) is 6.70. The first-order chi connectivity index (χ1) is 19.0. The van der Waals surface area contributed by atoms with E-state index in [4.69, 9.17) is 23.7 Å². The summed E-state index contributed by atoms with van der Waals surface area (Å²) >= 11 is 1.66. The standard InChI is InChI=1S/C30H34N2O6S/c1-21(33)32-25-8-4-5-9-29(25)39-30(32)24-18-22(34-3)10-12-26(24)36-16-7-6-14-31(2)15-17-35-23-11-13-27-28(19-23)38-20-37-27/h4-5,8-13,18-19,30H,6-7,14-17,20H2,1-3H3. The van der Waals surface area contributed by atoms with Crippen molar-refractivity contribution in [1.82, 2.24) is 4.90 Å². The lowest BCUT2D eigenvalue weighted by Crippen LogP contribution is -2.28. The fraction of sp³-hybridized carbons (Fsp3) is 0.367. The number of amides is 1.